The largest absolute Gasteiger partial charge is 0.481 e. The van der Waals surface area contributed by atoms with Crippen LogP contribution in [0.1, 0.15) is 48.9 Å². The van der Waals surface area contributed by atoms with Gasteiger partial charge in [-0.3, -0.25) is 9.59 Å². The van der Waals surface area contributed by atoms with Gasteiger partial charge in [0.05, 0.1) is 17.0 Å². The van der Waals surface area contributed by atoms with Crippen molar-refractivity contribution in [2.75, 3.05) is 0 Å². The van der Waals surface area contributed by atoms with Gasteiger partial charge in [-0.1, -0.05) is 37.8 Å². The summed E-state index contributed by atoms with van der Waals surface area (Å²) in [7, 11) is 0. The van der Waals surface area contributed by atoms with E-state index in [1.54, 1.807) is 12.3 Å². The van der Waals surface area contributed by atoms with Crippen LogP contribution >= 0.6 is 0 Å². The highest BCUT2D eigenvalue weighted by Gasteiger charge is 2.30. The third kappa shape index (κ3) is 3.38. The van der Waals surface area contributed by atoms with Crippen LogP contribution in [0, 0.1) is 5.92 Å². The first-order valence-corrected chi connectivity index (χ1v) is 8.26. The molecule has 0 aliphatic heterocycles. The molecule has 23 heavy (non-hydrogen) atoms. The molecule has 2 aromatic rings. The molecule has 2 unspecified atom stereocenters. The number of carboxylic acids is 1. The molecule has 1 saturated carbocycles. The molecule has 1 amide bonds. The Morgan fingerprint density at radius 1 is 1.09 bits per heavy atom. The Balaban J connectivity index is 1.81. The maximum atomic E-state index is 12.7. The van der Waals surface area contributed by atoms with Crippen LogP contribution in [0.3, 0.4) is 0 Å². The second kappa shape index (κ2) is 6.86. The molecule has 1 heterocycles. The molecule has 122 valence electrons. The van der Waals surface area contributed by atoms with Crippen molar-refractivity contribution in [3.8, 4) is 0 Å². The predicted octanol–water partition coefficient (Wildman–Crippen LogP) is 3.32. The summed E-state index contributed by atoms with van der Waals surface area (Å²) in [6.07, 6.45) is 7.21. The second-order valence-electron chi connectivity index (χ2n) is 6.26. The number of aromatic amines is 1. The van der Waals surface area contributed by atoms with E-state index in [4.69, 9.17) is 0 Å². The van der Waals surface area contributed by atoms with Crippen LogP contribution in [0.5, 0.6) is 0 Å². The molecule has 0 bridgehead atoms. The van der Waals surface area contributed by atoms with E-state index in [0.29, 0.717) is 12.0 Å². The lowest BCUT2D eigenvalue weighted by atomic mass is 9.86. The van der Waals surface area contributed by atoms with Crippen LogP contribution in [0.15, 0.2) is 30.5 Å². The van der Waals surface area contributed by atoms with Crippen molar-refractivity contribution in [1.82, 2.24) is 10.3 Å². The molecule has 0 radical (unpaired) electrons. The van der Waals surface area contributed by atoms with Crippen molar-refractivity contribution in [1.29, 1.82) is 0 Å². The number of fused-ring (bicyclic) bond motifs is 1. The Bertz CT molecular complexity index is 707. The first-order valence-electron chi connectivity index (χ1n) is 8.26. The fraction of sp³-hybridized carbons (Fsp3) is 0.444. The van der Waals surface area contributed by atoms with Crippen molar-refractivity contribution in [3.63, 3.8) is 0 Å². The van der Waals surface area contributed by atoms with Gasteiger partial charge in [0.1, 0.15) is 0 Å². The molecule has 1 aliphatic carbocycles. The molecule has 0 spiro atoms. The third-order valence-corrected chi connectivity index (χ3v) is 4.73. The number of aromatic nitrogens is 1. The summed E-state index contributed by atoms with van der Waals surface area (Å²) in [5, 5.41) is 13.4. The van der Waals surface area contributed by atoms with E-state index in [2.05, 4.69) is 10.3 Å². The van der Waals surface area contributed by atoms with Gasteiger partial charge in [-0.2, -0.15) is 0 Å². The highest BCUT2D eigenvalue weighted by Crippen LogP contribution is 2.24. The molecule has 1 aliphatic rings. The predicted molar refractivity (Wildman–Crippen MR) is 88.4 cm³/mol. The Morgan fingerprint density at radius 2 is 1.87 bits per heavy atom. The lowest BCUT2D eigenvalue weighted by Crippen LogP contribution is -2.44. The number of aliphatic carboxylic acids is 1. The molecule has 2 atom stereocenters. The maximum Gasteiger partial charge on any atom is 0.308 e. The first kappa shape index (κ1) is 15.6. The number of rotatable bonds is 3. The van der Waals surface area contributed by atoms with Crippen LogP contribution in [0.2, 0.25) is 0 Å². The number of nitrogens with one attached hydrogen (secondary N) is 2. The minimum absolute atomic E-state index is 0.199. The van der Waals surface area contributed by atoms with Gasteiger partial charge in [-0.15, -0.1) is 0 Å². The van der Waals surface area contributed by atoms with Gasteiger partial charge >= 0.3 is 5.97 Å². The summed E-state index contributed by atoms with van der Waals surface area (Å²) in [5.41, 5.74) is 1.36. The van der Waals surface area contributed by atoms with Crippen LogP contribution < -0.4 is 5.32 Å². The van der Waals surface area contributed by atoms with Crippen molar-refractivity contribution in [3.05, 3.63) is 36.0 Å². The van der Waals surface area contributed by atoms with Crippen LogP contribution in [0.25, 0.3) is 10.9 Å². The molecule has 1 aromatic carbocycles. The van der Waals surface area contributed by atoms with Crippen molar-refractivity contribution < 1.29 is 14.7 Å². The Kier molecular flexibility index (Phi) is 4.65. The summed E-state index contributed by atoms with van der Waals surface area (Å²) in [6.45, 7) is 0. The zero-order valence-corrected chi connectivity index (χ0v) is 13.0. The van der Waals surface area contributed by atoms with Gasteiger partial charge in [0, 0.05) is 17.6 Å². The minimum Gasteiger partial charge on any atom is -0.481 e. The van der Waals surface area contributed by atoms with Crippen LogP contribution in [-0.2, 0) is 4.79 Å². The van der Waals surface area contributed by atoms with Crippen molar-refractivity contribution in [2.24, 2.45) is 5.92 Å². The molecule has 5 heteroatoms. The number of para-hydroxylation sites is 1. The number of benzene rings is 1. The summed E-state index contributed by atoms with van der Waals surface area (Å²) in [5.74, 6) is -1.51. The van der Waals surface area contributed by atoms with Crippen LogP contribution in [0.4, 0.5) is 0 Å². The number of carboxylic acid groups (broad SMARTS) is 1. The Labute approximate surface area is 135 Å². The number of amides is 1. The van der Waals surface area contributed by atoms with E-state index in [9.17, 15) is 14.7 Å². The van der Waals surface area contributed by atoms with Gasteiger partial charge < -0.3 is 15.4 Å². The highest BCUT2D eigenvalue weighted by atomic mass is 16.4. The van der Waals surface area contributed by atoms with Gasteiger partial charge in [-0.25, -0.2) is 0 Å². The molecule has 3 rings (SSSR count). The van der Waals surface area contributed by atoms with Gasteiger partial charge in [-0.05, 0) is 25.0 Å². The van der Waals surface area contributed by atoms with Gasteiger partial charge in [0.15, 0.2) is 0 Å². The molecular formula is C18H22N2O3. The number of hydrogen-bond acceptors (Lipinski definition) is 2. The lowest BCUT2D eigenvalue weighted by Gasteiger charge is -2.27. The molecule has 1 aromatic heterocycles. The quantitative estimate of drug-likeness (QED) is 0.812. The molecule has 3 N–H and O–H groups in total. The summed E-state index contributed by atoms with van der Waals surface area (Å²) in [6, 6.07) is 7.18. The number of hydrogen-bond donors (Lipinski definition) is 3. The first-order chi connectivity index (χ1) is 11.2. The summed E-state index contributed by atoms with van der Waals surface area (Å²) >= 11 is 0. The zero-order chi connectivity index (χ0) is 16.2. The minimum atomic E-state index is -0.810. The van der Waals surface area contributed by atoms with Crippen molar-refractivity contribution in [2.45, 2.75) is 44.6 Å². The molecule has 0 saturated heterocycles. The normalized spacial score (nSPS) is 22.3. The van der Waals surface area contributed by atoms with E-state index in [1.807, 2.05) is 18.2 Å². The third-order valence-electron chi connectivity index (χ3n) is 4.73. The fourth-order valence-corrected chi connectivity index (χ4v) is 3.47. The second-order valence-corrected chi connectivity index (χ2v) is 6.26. The average Bonchev–Trinajstić information content (AvgIpc) is 2.97. The van der Waals surface area contributed by atoms with E-state index in [-0.39, 0.29) is 11.9 Å². The number of carbonyl (C=O) groups is 2. The van der Waals surface area contributed by atoms with E-state index in [1.165, 1.54) is 0 Å². The maximum absolute atomic E-state index is 12.7. The highest BCUT2D eigenvalue weighted by molar-refractivity contribution is 6.05. The van der Waals surface area contributed by atoms with E-state index >= 15 is 0 Å². The van der Waals surface area contributed by atoms with E-state index < -0.39 is 11.9 Å². The summed E-state index contributed by atoms with van der Waals surface area (Å²) in [4.78, 5) is 27.3. The molecular weight excluding hydrogens is 292 g/mol. The zero-order valence-electron chi connectivity index (χ0n) is 13.0. The van der Waals surface area contributed by atoms with Crippen molar-refractivity contribution >= 4 is 22.8 Å². The fourth-order valence-electron chi connectivity index (χ4n) is 3.47. The van der Waals surface area contributed by atoms with E-state index in [0.717, 1.165) is 43.0 Å². The lowest BCUT2D eigenvalue weighted by molar-refractivity contribution is -0.143. The van der Waals surface area contributed by atoms with Crippen LogP contribution in [-0.4, -0.2) is 28.0 Å². The molecule has 5 nitrogen and oxygen atoms in total. The summed E-state index contributed by atoms with van der Waals surface area (Å²) < 4.78 is 0. The van der Waals surface area contributed by atoms with Gasteiger partial charge in [0.2, 0.25) is 0 Å². The molecule has 1 fully saturated rings. The monoisotopic (exact) mass is 314 g/mol. The standard InChI is InChI=1S/C18H22N2O3/c21-17(14-8-5-6-12-10-11-19-16(12)14)20-15-9-4-2-1-3-7-13(15)18(22)23/h5-6,8,10-11,13,15,19H,1-4,7,9H2,(H,20,21)(H,22,23). The SMILES string of the molecule is O=C(NC1CCCCCCC1C(=O)O)c1cccc2cc[nH]c12. The Hall–Kier alpha value is -2.30. The smallest absolute Gasteiger partial charge is 0.308 e. The topological polar surface area (TPSA) is 82.2 Å². The van der Waals surface area contributed by atoms with Gasteiger partial charge in [0.25, 0.3) is 5.91 Å². The average molecular weight is 314 g/mol. The number of H-pyrrole nitrogens is 1. The Morgan fingerprint density at radius 3 is 2.65 bits per heavy atom. The number of carbonyl (C=O) groups excluding carboxylic acids is 1.